The lowest BCUT2D eigenvalue weighted by Crippen LogP contribution is -1.98. The summed E-state index contributed by atoms with van der Waals surface area (Å²) in [6.45, 7) is 4.61. The standard InChI is InChI=1S/C14H15ClN2S/c1-9-3-4-12(10(2)7-9)18-14-13(15)11(8-16)5-6-17-14/h3-7H,8,16H2,1-2H3. The van der Waals surface area contributed by atoms with Crippen LogP contribution in [0, 0.1) is 13.8 Å². The lowest BCUT2D eigenvalue weighted by Gasteiger charge is -2.09. The van der Waals surface area contributed by atoms with Crippen molar-refractivity contribution in [1.82, 2.24) is 4.98 Å². The van der Waals surface area contributed by atoms with Crippen molar-refractivity contribution >= 4 is 23.4 Å². The smallest absolute Gasteiger partial charge is 0.120 e. The van der Waals surface area contributed by atoms with Gasteiger partial charge in [0.15, 0.2) is 0 Å². The van der Waals surface area contributed by atoms with E-state index in [9.17, 15) is 0 Å². The van der Waals surface area contributed by atoms with E-state index in [0.717, 1.165) is 10.6 Å². The molecule has 0 atom stereocenters. The number of benzene rings is 1. The van der Waals surface area contributed by atoms with E-state index in [2.05, 4.69) is 37.0 Å². The van der Waals surface area contributed by atoms with Crippen LogP contribution in [0.4, 0.5) is 0 Å². The first-order valence-electron chi connectivity index (χ1n) is 5.70. The average Bonchev–Trinajstić information content (AvgIpc) is 2.35. The second kappa shape index (κ2) is 5.74. The molecule has 1 aromatic heterocycles. The zero-order valence-electron chi connectivity index (χ0n) is 10.4. The van der Waals surface area contributed by atoms with E-state index in [1.807, 2.05) is 6.07 Å². The second-order valence-corrected chi connectivity index (χ2v) is 5.57. The van der Waals surface area contributed by atoms with Gasteiger partial charge in [-0.2, -0.15) is 0 Å². The topological polar surface area (TPSA) is 38.9 Å². The number of rotatable bonds is 3. The fourth-order valence-corrected chi connectivity index (χ4v) is 2.91. The first-order valence-corrected chi connectivity index (χ1v) is 6.90. The maximum Gasteiger partial charge on any atom is 0.120 e. The van der Waals surface area contributed by atoms with Gasteiger partial charge >= 0.3 is 0 Å². The molecule has 0 saturated heterocycles. The Morgan fingerprint density at radius 1 is 1.28 bits per heavy atom. The molecule has 0 unspecified atom stereocenters. The Morgan fingerprint density at radius 3 is 2.72 bits per heavy atom. The molecule has 0 amide bonds. The molecule has 0 aliphatic rings. The minimum absolute atomic E-state index is 0.432. The minimum Gasteiger partial charge on any atom is -0.326 e. The fraction of sp³-hybridized carbons (Fsp3) is 0.214. The molecule has 0 radical (unpaired) electrons. The van der Waals surface area contributed by atoms with Crippen molar-refractivity contribution in [2.45, 2.75) is 30.3 Å². The summed E-state index contributed by atoms with van der Waals surface area (Å²) in [5.74, 6) is 0. The Bertz CT molecular complexity index is 570. The molecule has 94 valence electrons. The minimum atomic E-state index is 0.432. The van der Waals surface area contributed by atoms with Crippen LogP contribution in [0.1, 0.15) is 16.7 Å². The Morgan fingerprint density at radius 2 is 2.06 bits per heavy atom. The van der Waals surface area contributed by atoms with Gasteiger partial charge in [-0.1, -0.05) is 41.1 Å². The zero-order chi connectivity index (χ0) is 13.1. The highest BCUT2D eigenvalue weighted by atomic mass is 35.5. The SMILES string of the molecule is Cc1ccc(Sc2nccc(CN)c2Cl)c(C)c1. The maximum atomic E-state index is 6.28. The van der Waals surface area contributed by atoms with Crippen LogP contribution < -0.4 is 5.73 Å². The third-order valence-corrected chi connectivity index (χ3v) is 4.41. The van der Waals surface area contributed by atoms with Gasteiger partial charge in [-0.3, -0.25) is 0 Å². The summed E-state index contributed by atoms with van der Waals surface area (Å²) in [6, 6.07) is 8.20. The fourth-order valence-electron chi connectivity index (χ4n) is 1.71. The highest BCUT2D eigenvalue weighted by molar-refractivity contribution is 7.99. The van der Waals surface area contributed by atoms with Crippen molar-refractivity contribution in [3.63, 3.8) is 0 Å². The molecular formula is C14H15ClN2S. The van der Waals surface area contributed by atoms with Crippen molar-refractivity contribution in [3.8, 4) is 0 Å². The van der Waals surface area contributed by atoms with Crippen LogP contribution in [-0.4, -0.2) is 4.98 Å². The number of nitrogens with two attached hydrogens (primary N) is 1. The van der Waals surface area contributed by atoms with Crippen LogP contribution in [0.5, 0.6) is 0 Å². The largest absolute Gasteiger partial charge is 0.326 e. The summed E-state index contributed by atoms with van der Waals surface area (Å²) in [5.41, 5.74) is 9.06. The van der Waals surface area contributed by atoms with Crippen LogP contribution in [0.2, 0.25) is 5.02 Å². The van der Waals surface area contributed by atoms with Gasteiger partial charge in [-0.15, -0.1) is 0 Å². The molecular weight excluding hydrogens is 264 g/mol. The predicted octanol–water partition coefficient (Wildman–Crippen LogP) is 3.96. The number of aryl methyl sites for hydroxylation is 2. The first kappa shape index (κ1) is 13.4. The summed E-state index contributed by atoms with van der Waals surface area (Å²) < 4.78 is 0. The van der Waals surface area contributed by atoms with Crippen LogP contribution in [0.15, 0.2) is 40.4 Å². The van der Waals surface area contributed by atoms with E-state index in [0.29, 0.717) is 11.6 Å². The molecule has 2 aromatic rings. The molecule has 0 aliphatic carbocycles. The van der Waals surface area contributed by atoms with Crippen LogP contribution >= 0.6 is 23.4 Å². The lowest BCUT2D eigenvalue weighted by atomic mass is 10.2. The van der Waals surface area contributed by atoms with Crippen molar-refractivity contribution in [3.05, 3.63) is 52.2 Å². The number of pyridine rings is 1. The van der Waals surface area contributed by atoms with Crippen molar-refractivity contribution in [2.24, 2.45) is 5.73 Å². The molecule has 0 bridgehead atoms. The van der Waals surface area contributed by atoms with Gasteiger partial charge in [0.1, 0.15) is 5.03 Å². The molecule has 18 heavy (non-hydrogen) atoms. The maximum absolute atomic E-state index is 6.28. The van der Waals surface area contributed by atoms with E-state index >= 15 is 0 Å². The molecule has 2 nitrogen and oxygen atoms in total. The molecule has 0 saturated carbocycles. The Labute approximate surface area is 117 Å². The molecule has 0 aliphatic heterocycles. The summed E-state index contributed by atoms with van der Waals surface area (Å²) in [6.07, 6.45) is 1.75. The third kappa shape index (κ3) is 2.86. The van der Waals surface area contributed by atoms with Crippen LogP contribution in [0.25, 0.3) is 0 Å². The van der Waals surface area contributed by atoms with Gasteiger partial charge in [-0.05, 0) is 37.1 Å². The Kier molecular flexibility index (Phi) is 4.27. The van der Waals surface area contributed by atoms with Crippen molar-refractivity contribution in [2.75, 3.05) is 0 Å². The summed E-state index contributed by atoms with van der Waals surface area (Å²) in [7, 11) is 0. The molecule has 0 fully saturated rings. The molecule has 1 aromatic carbocycles. The molecule has 0 spiro atoms. The molecule has 1 heterocycles. The normalized spacial score (nSPS) is 10.7. The monoisotopic (exact) mass is 278 g/mol. The molecule has 4 heteroatoms. The third-order valence-electron chi connectivity index (χ3n) is 2.69. The van der Waals surface area contributed by atoms with Crippen molar-refractivity contribution < 1.29 is 0 Å². The van der Waals surface area contributed by atoms with E-state index < -0.39 is 0 Å². The number of nitrogens with zero attached hydrogens (tertiary/aromatic N) is 1. The van der Waals surface area contributed by atoms with Crippen LogP contribution in [-0.2, 0) is 6.54 Å². The van der Waals surface area contributed by atoms with Crippen LogP contribution in [0.3, 0.4) is 0 Å². The number of halogens is 1. The summed E-state index contributed by atoms with van der Waals surface area (Å²) >= 11 is 7.86. The number of aromatic nitrogens is 1. The second-order valence-electron chi connectivity index (χ2n) is 4.16. The lowest BCUT2D eigenvalue weighted by molar-refractivity contribution is 1.02. The van der Waals surface area contributed by atoms with Gasteiger partial charge in [0, 0.05) is 17.6 Å². The molecule has 2 N–H and O–H groups in total. The average molecular weight is 279 g/mol. The predicted molar refractivity (Wildman–Crippen MR) is 77.2 cm³/mol. The zero-order valence-corrected chi connectivity index (χ0v) is 12.0. The van der Waals surface area contributed by atoms with E-state index in [4.69, 9.17) is 17.3 Å². The van der Waals surface area contributed by atoms with Gasteiger partial charge in [0.05, 0.1) is 5.02 Å². The Balaban J connectivity index is 2.34. The van der Waals surface area contributed by atoms with Gasteiger partial charge < -0.3 is 5.73 Å². The van der Waals surface area contributed by atoms with Gasteiger partial charge in [0.2, 0.25) is 0 Å². The van der Waals surface area contributed by atoms with E-state index in [-0.39, 0.29) is 0 Å². The van der Waals surface area contributed by atoms with Gasteiger partial charge in [-0.25, -0.2) is 4.98 Å². The quantitative estimate of drug-likeness (QED) is 0.924. The number of hydrogen-bond donors (Lipinski definition) is 1. The highest BCUT2D eigenvalue weighted by Gasteiger charge is 2.09. The van der Waals surface area contributed by atoms with Crippen molar-refractivity contribution in [1.29, 1.82) is 0 Å². The van der Waals surface area contributed by atoms with E-state index in [1.165, 1.54) is 16.0 Å². The van der Waals surface area contributed by atoms with E-state index in [1.54, 1.807) is 18.0 Å². The first-order chi connectivity index (χ1) is 8.61. The summed E-state index contributed by atoms with van der Waals surface area (Å²) in [4.78, 5) is 5.49. The number of hydrogen-bond acceptors (Lipinski definition) is 3. The highest BCUT2D eigenvalue weighted by Crippen LogP contribution is 2.35. The van der Waals surface area contributed by atoms with Gasteiger partial charge in [0.25, 0.3) is 0 Å². The summed E-state index contributed by atoms with van der Waals surface area (Å²) in [5, 5.41) is 1.47. The Hall–Kier alpha value is -1.03. The molecule has 2 rings (SSSR count).